The van der Waals surface area contributed by atoms with E-state index >= 15 is 0 Å². The number of fused-ring (bicyclic) bond motifs is 2. The lowest BCUT2D eigenvalue weighted by Crippen LogP contribution is -2.37. The van der Waals surface area contributed by atoms with Gasteiger partial charge in [0.1, 0.15) is 0 Å². The molecule has 4 aromatic rings. The first-order valence-corrected chi connectivity index (χ1v) is 10.9. The lowest BCUT2D eigenvalue weighted by molar-refractivity contribution is 0.0601. The number of benzene rings is 2. The molecule has 1 aliphatic rings. The minimum absolute atomic E-state index is 0.332. The van der Waals surface area contributed by atoms with Crippen molar-refractivity contribution in [2.24, 2.45) is 0 Å². The van der Waals surface area contributed by atoms with E-state index in [1.165, 1.54) is 31.8 Å². The highest BCUT2D eigenvalue weighted by molar-refractivity contribution is 6.05. The number of aromatic amines is 1. The standard InChI is InChI=1S/C26H27N3O2/c1-16-12-20-13-18(7-9-22(20)28-16)25-21-14-19(26(30)31-3)8-10-23(21)27-15-24(25)29-11-5-4-6-17(29)2/h7-10,12-15,17,28H,4-6,11H2,1-3H3/t17-/m0/s1. The number of rotatable bonds is 3. The summed E-state index contributed by atoms with van der Waals surface area (Å²) in [6, 6.07) is 14.8. The summed E-state index contributed by atoms with van der Waals surface area (Å²) in [6.07, 6.45) is 5.62. The molecule has 31 heavy (non-hydrogen) atoms. The molecule has 1 atom stereocenters. The molecule has 0 bridgehead atoms. The van der Waals surface area contributed by atoms with Gasteiger partial charge in [0.25, 0.3) is 0 Å². The number of carbonyl (C=O) groups is 1. The first kappa shape index (κ1) is 19.6. The van der Waals surface area contributed by atoms with E-state index in [2.05, 4.69) is 48.0 Å². The van der Waals surface area contributed by atoms with Crippen molar-refractivity contribution in [2.45, 2.75) is 39.2 Å². The third-order valence-electron chi connectivity index (χ3n) is 6.43. The second kappa shape index (κ2) is 7.73. The van der Waals surface area contributed by atoms with Gasteiger partial charge in [-0.15, -0.1) is 0 Å². The van der Waals surface area contributed by atoms with E-state index in [0.717, 1.165) is 45.5 Å². The molecular weight excluding hydrogens is 386 g/mol. The third-order valence-corrected chi connectivity index (χ3v) is 6.43. The minimum atomic E-state index is -0.332. The van der Waals surface area contributed by atoms with E-state index in [1.807, 2.05) is 18.3 Å². The number of hydrogen-bond donors (Lipinski definition) is 1. The Kier molecular flexibility index (Phi) is 4.89. The van der Waals surface area contributed by atoms with Gasteiger partial charge in [0.05, 0.1) is 30.1 Å². The van der Waals surface area contributed by atoms with E-state index in [-0.39, 0.29) is 5.97 Å². The van der Waals surface area contributed by atoms with Crippen molar-refractivity contribution >= 4 is 33.5 Å². The Bertz CT molecular complexity index is 1290. The van der Waals surface area contributed by atoms with Crippen molar-refractivity contribution in [3.05, 3.63) is 59.9 Å². The number of nitrogens with zero attached hydrogens (tertiary/aromatic N) is 2. The molecule has 0 amide bonds. The molecule has 1 N–H and O–H groups in total. The molecule has 2 aromatic heterocycles. The summed E-state index contributed by atoms with van der Waals surface area (Å²) < 4.78 is 4.98. The highest BCUT2D eigenvalue weighted by atomic mass is 16.5. The van der Waals surface area contributed by atoms with Crippen LogP contribution in [0, 0.1) is 6.92 Å². The number of nitrogens with one attached hydrogen (secondary N) is 1. The number of aryl methyl sites for hydroxylation is 1. The summed E-state index contributed by atoms with van der Waals surface area (Å²) in [4.78, 5) is 22.9. The van der Waals surface area contributed by atoms with Crippen LogP contribution in [0.5, 0.6) is 0 Å². The number of methoxy groups -OCH3 is 1. The van der Waals surface area contributed by atoms with Gasteiger partial charge in [-0.1, -0.05) is 6.07 Å². The molecule has 2 aromatic carbocycles. The van der Waals surface area contributed by atoms with Crippen LogP contribution in [0.25, 0.3) is 32.9 Å². The van der Waals surface area contributed by atoms with Gasteiger partial charge in [-0.25, -0.2) is 4.79 Å². The summed E-state index contributed by atoms with van der Waals surface area (Å²) in [5.74, 6) is -0.332. The van der Waals surface area contributed by atoms with Crippen LogP contribution in [-0.2, 0) is 4.74 Å². The molecule has 0 aliphatic carbocycles. The fourth-order valence-electron chi connectivity index (χ4n) is 4.84. The van der Waals surface area contributed by atoms with Crippen LogP contribution in [-0.4, -0.2) is 35.6 Å². The fraction of sp³-hybridized carbons (Fsp3) is 0.308. The second-order valence-corrected chi connectivity index (χ2v) is 8.53. The van der Waals surface area contributed by atoms with Gasteiger partial charge in [-0.05, 0) is 75.1 Å². The number of aromatic nitrogens is 2. The molecule has 0 saturated carbocycles. The van der Waals surface area contributed by atoms with E-state index in [0.29, 0.717) is 11.6 Å². The maximum absolute atomic E-state index is 12.3. The maximum Gasteiger partial charge on any atom is 0.337 e. The quantitative estimate of drug-likeness (QED) is 0.428. The molecule has 5 nitrogen and oxygen atoms in total. The van der Waals surface area contributed by atoms with E-state index in [9.17, 15) is 4.79 Å². The van der Waals surface area contributed by atoms with Crippen molar-refractivity contribution in [3.8, 4) is 11.1 Å². The van der Waals surface area contributed by atoms with Crippen molar-refractivity contribution < 1.29 is 9.53 Å². The van der Waals surface area contributed by atoms with Crippen molar-refractivity contribution in [3.63, 3.8) is 0 Å². The van der Waals surface area contributed by atoms with Gasteiger partial charge in [0.15, 0.2) is 0 Å². The number of ether oxygens (including phenoxy) is 1. The lowest BCUT2D eigenvalue weighted by Gasteiger charge is -2.36. The van der Waals surface area contributed by atoms with Crippen LogP contribution in [0.15, 0.2) is 48.7 Å². The zero-order valence-corrected chi connectivity index (χ0v) is 18.2. The molecule has 1 aliphatic heterocycles. The van der Waals surface area contributed by atoms with Gasteiger partial charge in [0, 0.05) is 40.1 Å². The smallest absolute Gasteiger partial charge is 0.337 e. The third kappa shape index (κ3) is 3.44. The van der Waals surface area contributed by atoms with Crippen molar-refractivity contribution in [1.82, 2.24) is 9.97 Å². The summed E-state index contributed by atoms with van der Waals surface area (Å²) in [6.45, 7) is 5.38. The number of esters is 1. The molecule has 0 spiro atoms. The second-order valence-electron chi connectivity index (χ2n) is 8.53. The SMILES string of the molecule is COC(=O)c1ccc2ncc(N3CCCC[C@@H]3C)c(-c3ccc4[nH]c(C)cc4c3)c2c1. The Labute approximate surface area is 182 Å². The van der Waals surface area contributed by atoms with Crippen LogP contribution >= 0.6 is 0 Å². The fourth-order valence-corrected chi connectivity index (χ4v) is 4.84. The largest absolute Gasteiger partial charge is 0.465 e. The number of carbonyl (C=O) groups excluding carboxylic acids is 1. The Morgan fingerprint density at radius 3 is 2.84 bits per heavy atom. The summed E-state index contributed by atoms with van der Waals surface area (Å²) in [7, 11) is 1.42. The number of pyridine rings is 1. The molecule has 3 heterocycles. The van der Waals surface area contributed by atoms with Crippen LogP contribution in [0.3, 0.4) is 0 Å². The molecular formula is C26H27N3O2. The molecule has 158 valence electrons. The van der Waals surface area contributed by atoms with E-state index < -0.39 is 0 Å². The average molecular weight is 414 g/mol. The van der Waals surface area contributed by atoms with E-state index in [4.69, 9.17) is 9.72 Å². The lowest BCUT2D eigenvalue weighted by atomic mass is 9.94. The van der Waals surface area contributed by atoms with Gasteiger partial charge in [0.2, 0.25) is 0 Å². The summed E-state index contributed by atoms with van der Waals surface area (Å²) in [5, 5.41) is 2.16. The molecule has 5 heteroatoms. The van der Waals surface area contributed by atoms with Gasteiger partial charge < -0.3 is 14.6 Å². The monoisotopic (exact) mass is 413 g/mol. The van der Waals surface area contributed by atoms with Gasteiger partial charge in [-0.2, -0.15) is 0 Å². The highest BCUT2D eigenvalue weighted by Gasteiger charge is 2.24. The van der Waals surface area contributed by atoms with Crippen LogP contribution in [0.2, 0.25) is 0 Å². The van der Waals surface area contributed by atoms with Crippen LogP contribution in [0.1, 0.15) is 42.2 Å². The van der Waals surface area contributed by atoms with Gasteiger partial charge >= 0.3 is 5.97 Å². The Hall–Kier alpha value is -3.34. The predicted molar refractivity (Wildman–Crippen MR) is 126 cm³/mol. The normalized spacial score (nSPS) is 16.7. The highest BCUT2D eigenvalue weighted by Crippen LogP contribution is 2.40. The Morgan fingerprint density at radius 1 is 1.16 bits per heavy atom. The molecule has 1 fully saturated rings. The first-order chi connectivity index (χ1) is 15.0. The van der Waals surface area contributed by atoms with Crippen molar-refractivity contribution in [1.29, 1.82) is 0 Å². The average Bonchev–Trinajstić information content (AvgIpc) is 3.17. The zero-order valence-electron chi connectivity index (χ0n) is 18.2. The Morgan fingerprint density at radius 2 is 2.03 bits per heavy atom. The molecule has 1 saturated heterocycles. The topological polar surface area (TPSA) is 58.2 Å². The van der Waals surface area contributed by atoms with Crippen LogP contribution in [0.4, 0.5) is 5.69 Å². The molecule has 5 rings (SSSR count). The predicted octanol–water partition coefficient (Wildman–Crippen LogP) is 5.86. The summed E-state index contributed by atoms with van der Waals surface area (Å²) in [5.41, 5.74) is 7.08. The number of hydrogen-bond acceptors (Lipinski definition) is 4. The summed E-state index contributed by atoms with van der Waals surface area (Å²) >= 11 is 0. The number of H-pyrrole nitrogens is 1. The maximum atomic E-state index is 12.3. The minimum Gasteiger partial charge on any atom is -0.465 e. The van der Waals surface area contributed by atoms with Crippen LogP contribution < -0.4 is 4.90 Å². The Balaban J connectivity index is 1.79. The first-order valence-electron chi connectivity index (χ1n) is 10.9. The molecule has 0 unspecified atom stereocenters. The van der Waals surface area contributed by atoms with Gasteiger partial charge in [-0.3, -0.25) is 4.98 Å². The molecule has 0 radical (unpaired) electrons. The number of piperidine rings is 1. The number of anilines is 1. The van der Waals surface area contributed by atoms with Crippen molar-refractivity contribution in [2.75, 3.05) is 18.6 Å². The van der Waals surface area contributed by atoms with E-state index in [1.54, 1.807) is 6.07 Å². The zero-order chi connectivity index (χ0) is 21.5.